The van der Waals surface area contributed by atoms with Gasteiger partial charge in [-0.05, 0) is 17.7 Å². The number of halogens is 1. The zero-order chi connectivity index (χ0) is 14.3. The maximum Gasteiger partial charge on any atom is 0.330 e. The van der Waals surface area contributed by atoms with Gasteiger partial charge in [0.1, 0.15) is 0 Å². The molecule has 0 bridgehead atoms. The molecular weight excluding hydrogens is 270 g/mol. The molecule has 1 aromatic rings. The third kappa shape index (κ3) is 5.72. The van der Waals surface area contributed by atoms with Crippen molar-refractivity contribution in [3.63, 3.8) is 0 Å². The lowest BCUT2D eigenvalue weighted by Gasteiger charge is -2.15. The van der Waals surface area contributed by atoms with Crippen LogP contribution in [0.5, 0.6) is 0 Å². The Balaban J connectivity index is 2.48. The van der Waals surface area contributed by atoms with Crippen LogP contribution < -0.4 is 5.32 Å². The first-order valence-corrected chi connectivity index (χ1v) is 6.08. The summed E-state index contributed by atoms with van der Waals surface area (Å²) in [4.78, 5) is 22.4. The summed E-state index contributed by atoms with van der Waals surface area (Å²) in [7, 11) is 1.26. The summed E-state index contributed by atoms with van der Waals surface area (Å²) in [5.74, 6) is -0.858. The van der Waals surface area contributed by atoms with Gasteiger partial charge in [0.25, 0.3) is 0 Å². The molecule has 0 aliphatic heterocycles. The number of hydrogen-bond donors (Lipinski definition) is 1. The topological polar surface area (TPSA) is 64.6 Å². The quantitative estimate of drug-likeness (QED) is 0.805. The molecule has 0 saturated heterocycles. The van der Waals surface area contributed by atoms with Crippen LogP contribution in [-0.2, 0) is 25.7 Å². The number of benzene rings is 1. The Bertz CT molecular complexity index is 450. The van der Waals surface area contributed by atoms with E-state index in [1.807, 2.05) is 12.1 Å². The minimum absolute atomic E-state index is 0.0404. The van der Waals surface area contributed by atoms with Crippen molar-refractivity contribution in [1.82, 2.24) is 5.32 Å². The molecule has 1 N–H and O–H groups in total. The lowest BCUT2D eigenvalue weighted by atomic mass is 10.2. The van der Waals surface area contributed by atoms with Crippen molar-refractivity contribution in [2.75, 3.05) is 13.7 Å². The van der Waals surface area contributed by atoms with Gasteiger partial charge in [-0.25, -0.2) is 4.79 Å². The highest BCUT2D eigenvalue weighted by Crippen LogP contribution is 2.11. The predicted octanol–water partition coefficient (Wildman–Crippen LogP) is 1.53. The third-order valence-electron chi connectivity index (χ3n) is 2.31. The second-order valence-electron chi connectivity index (χ2n) is 3.92. The molecule has 1 unspecified atom stereocenters. The summed E-state index contributed by atoms with van der Waals surface area (Å²) >= 11 is 5.84. The van der Waals surface area contributed by atoms with E-state index in [-0.39, 0.29) is 12.5 Å². The Hall–Kier alpha value is -1.59. The first kappa shape index (κ1) is 15.5. The average molecular weight is 286 g/mol. The summed E-state index contributed by atoms with van der Waals surface area (Å²) in [6.07, 6.45) is 0. The molecule has 1 rings (SSSR count). The van der Waals surface area contributed by atoms with Gasteiger partial charge >= 0.3 is 5.97 Å². The van der Waals surface area contributed by atoms with Gasteiger partial charge in [0.2, 0.25) is 5.91 Å². The van der Waals surface area contributed by atoms with Gasteiger partial charge in [-0.3, -0.25) is 4.79 Å². The second-order valence-corrected chi connectivity index (χ2v) is 4.36. The Morgan fingerprint density at radius 3 is 2.74 bits per heavy atom. The fourth-order valence-electron chi connectivity index (χ4n) is 1.48. The third-order valence-corrected chi connectivity index (χ3v) is 2.54. The SMILES string of the molecule is COC(=O)C(COCc1cccc(Cl)c1)NC(C)=O. The number of carbonyl (C=O) groups excluding carboxylic acids is 2. The van der Waals surface area contributed by atoms with E-state index in [4.69, 9.17) is 16.3 Å². The van der Waals surface area contributed by atoms with Gasteiger partial charge in [-0.15, -0.1) is 0 Å². The minimum atomic E-state index is -0.804. The van der Waals surface area contributed by atoms with Crippen LogP contribution in [0.4, 0.5) is 0 Å². The molecule has 0 radical (unpaired) electrons. The number of nitrogens with one attached hydrogen (secondary N) is 1. The molecule has 1 aromatic carbocycles. The van der Waals surface area contributed by atoms with Gasteiger partial charge < -0.3 is 14.8 Å². The van der Waals surface area contributed by atoms with E-state index in [9.17, 15) is 9.59 Å². The number of ether oxygens (including phenoxy) is 2. The van der Waals surface area contributed by atoms with Crippen LogP contribution in [0.1, 0.15) is 12.5 Å². The highest BCUT2D eigenvalue weighted by atomic mass is 35.5. The number of carbonyl (C=O) groups is 2. The molecule has 104 valence electrons. The highest BCUT2D eigenvalue weighted by Gasteiger charge is 2.20. The van der Waals surface area contributed by atoms with Crippen LogP contribution >= 0.6 is 11.6 Å². The van der Waals surface area contributed by atoms with E-state index in [0.29, 0.717) is 11.6 Å². The molecule has 0 aliphatic rings. The monoisotopic (exact) mass is 285 g/mol. The summed E-state index contributed by atoms with van der Waals surface area (Å²) in [5, 5.41) is 3.08. The molecule has 19 heavy (non-hydrogen) atoms. The molecule has 5 nitrogen and oxygen atoms in total. The Kier molecular flexibility index (Phi) is 6.32. The zero-order valence-electron chi connectivity index (χ0n) is 10.8. The number of rotatable bonds is 6. The predicted molar refractivity (Wildman–Crippen MR) is 70.7 cm³/mol. The van der Waals surface area contributed by atoms with Crippen molar-refractivity contribution in [1.29, 1.82) is 0 Å². The van der Waals surface area contributed by atoms with Crippen LogP contribution in [0.15, 0.2) is 24.3 Å². The van der Waals surface area contributed by atoms with Crippen molar-refractivity contribution in [2.45, 2.75) is 19.6 Å². The van der Waals surface area contributed by atoms with E-state index < -0.39 is 12.0 Å². The first-order valence-electron chi connectivity index (χ1n) is 5.70. The summed E-state index contributed by atoms with van der Waals surface area (Å²) in [6, 6.07) is 6.40. The molecule has 6 heteroatoms. The number of esters is 1. The van der Waals surface area contributed by atoms with Crippen molar-refractivity contribution in [3.8, 4) is 0 Å². The molecule has 0 heterocycles. The van der Waals surface area contributed by atoms with Crippen LogP contribution in [-0.4, -0.2) is 31.6 Å². The maximum absolute atomic E-state index is 11.4. The normalized spacial score (nSPS) is 11.7. The van der Waals surface area contributed by atoms with Crippen molar-refractivity contribution in [3.05, 3.63) is 34.9 Å². The van der Waals surface area contributed by atoms with Gasteiger partial charge in [0.05, 0.1) is 20.3 Å². The van der Waals surface area contributed by atoms with E-state index >= 15 is 0 Å². The average Bonchev–Trinajstić information content (AvgIpc) is 2.36. The number of amides is 1. The fraction of sp³-hybridized carbons (Fsp3) is 0.385. The summed E-state index contributed by atoms with van der Waals surface area (Å²) < 4.78 is 9.97. The van der Waals surface area contributed by atoms with E-state index in [1.165, 1.54) is 14.0 Å². The van der Waals surface area contributed by atoms with Gasteiger partial charge in [0, 0.05) is 11.9 Å². The Labute approximate surface area is 116 Å². The summed E-state index contributed by atoms with van der Waals surface area (Å²) in [5.41, 5.74) is 0.888. The Morgan fingerprint density at radius 2 is 2.16 bits per heavy atom. The summed E-state index contributed by atoms with van der Waals surface area (Å²) in [6.45, 7) is 1.67. The van der Waals surface area contributed by atoms with Gasteiger partial charge in [0.15, 0.2) is 6.04 Å². The van der Waals surface area contributed by atoms with Crippen LogP contribution in [0.25, 0.3) is 0 Å². The van der Waals surface area contributed by atoms with Gasteiger partial charge in [-0.1, -0.05) is 23.7 Å². The molecule has 1 atom stereocenters. The lowest BCUT2D eigenvalue weighted by Crippen LogP contribution is -2.43. The van der Waals surface area contributed by atoms with Crippen LogP contribution in [0, 0.1) is 0 Å². The van der Waals surface area contributed by atoms with Crippen molar-refractivity contribution >= 4 is 23.5 Å². The lowest BCUT2D eigenvalue weighted by molar-refractivity contribution is -0.146. The molecular formula is C13H16ClNO4. The first-order chi connectivity index (χ1) is 9.02. The smallest absolute Gasteiger partial charge is 0.330 e. The standard InChI is InChI=1S/C13H16ClNO4/c1-9(16)15-12(13(17)18-2)8-19-7-10-4-3-5-11(14)6-10/h3-6,12H,7-8H2,1-2H3,(H,15,16). The minimum Gasteiger partial charge on any atom is -0.467 e. The highest BCUT2D eigenvalue weighted by molar-refractivity contribution is 6.30. The molecule has 0 aromatic heterocycles. The van der Waals surface area contributed by atoms with Crippen LogP contribution in [0.3, 0.4) is 0 Å². The van der Waals surface area contributed by atoms with Crippen LogP contribution in [0.2, 0.25) is 5.02 Å². The Morgan fingerprint density at radius 1 is 1.42 bits per heavy atom. The number of hydrogen-bond acceptors (Lipinski definition) is 4. The van der Waals surface area contributed by atoms with Crippen molar-refractivity contribution in [2.24, 2.45) is 0 Å². The number of methoxy groups -OCH3 is 1. The van der Waals surface area contributed by atoms with E-state index in [0.717, 1.165) is 5.56 Å². The maximum atomic E-state index is 11.4. The molecule has 0 aliphatic carbocycles. The molecule has 0 saturated carbocycles. The molecule has 0 spiro atoms. The largest absolute Gasteiger partial charge is 0.467 e. The zero-order valence-corrected chi connectivity index (χ0v) is 11.6. The molecule has 0 fully saturated rings. The van der Waals surface area contributed by atoms with Crippen molar-refractivity contribution < 1.29 is 19.1 Å². The van der Waals surface area contributed by atoms with Gasteiger partial charge in [-0.2, -0.15) is 0 Å². The fourth-order valence-corrected chi connectivity index (χ4v) is 1.69. The second kappa shape index (κ2) is 7.76. The van der Waals surface area contributed by atoms with E-state index in [2.05, 4.69) is 10.1 Å². The van der Waals surface area contributed by atoms with E-state index in [1.54, 1.807) is 12.1 Å². The molecule has 1 amide bonds.